The highest BCUT2D eigenvalue weighted by Crippen LogP contribution is 2.31. The Morgan fingerprint density at radius 1 is 1.05 bits per heavy atom. The normalized spacial score (nSPS) is 20.5. The van der Waals surface area contributed by atoms with E-state index in [0.717, 1.165) is 11.1 Å². The minimum atomic E-state index is -4.70. The second-order valence-electron chi connectivity index (χ2n) is 10.2. The predicted octanol–water partition coefficient (Wildman–Crippen LogP) is 5.56. The van der Waals surface area contributed by atoms with E-state index < -0.39 is 35.5 Å². The van der Waals surface area contributed by atoms with E-state index in [1.165, 1.54) is 4.90 Å². The molecular formula is C26H28F3N3O5. The highest BCUT2D eigenvalue weighted by Gasteiger charge is 2.42. The molecule has 1 aliphatic rings. The molecule has 198 valence electrons. The Morgan fingerprint density at radius 3 is 2.14 bits per heavy atom. The van der Waals surface area contributed by atoms with Gasteiger partial charge in [-0.25, -0.2) is 4.79 Å². The zero-order chi connectivity index (χ0) is 27.0. The number of carbonyl (C=O) groups excluding carboxylic acids is 1. The van der Waals surface area contributed by atoms with Crippen LogP contribution in [-0.2, 0) is 10.9 Å². The van der Waals surface area contributed by atoms with Crippen LogP contribution in [0.1, 0.15) is 40.0 Å². The molecule has 1 aromatic heterocycles. The van der Waals surface area contributed by atoms with E-state index in [0.29, 0.717) is 24.3 Å². The molecule has 0 saturated carbocycles. The molecule has 0 spiro atoms. The summed E-state index contributed by atoms with van der Waals surface area (Å²) >= 11 is 0. The van der Waals surface area contributed by atoms with Crippen molar-refractivity contribution < 1.29 is 37.1 Å². The van der Waals surface area contributed by atoms with Gasteiger partial charge in [-0.2, -0.15) is 18.2 Å². The van der Waals surface area contributed by atoms with Crippen molar-refractivity contribution in [2.45, 2.75) is 57.6 Å². The largest absolute Gasteiger partial charge is 0.487 e. The Balaban J connectivity index is 1.39. The van der Waals surface area contributed by atoms with Gasteiger partial charge in [0.1, 0.15) is 23.1 Å². The molecule has 11 heteroatoms. The first-order valence-electron chi connectivity index (χ1n) is 11.7. The van der Waals surface area contributed by atoms with Crippen LogP contribution >= 0.6 is 0 Å². The third kappa shape index (κ3) is 6.40. The van der Waals surface area contributed by atoms with E-state index in [-0.39, 0.29) is 12.4 Å². The Morgan fingerprint density at radius 2 is 1.62 bits per heavy atom. The number of carbonyl (C=O) groups is 1. The van der Waals surface area contributed by atoms with E-state index in [1.807, 2.05) is 12.1 Å². The van der Waals surface area contributed by atoms with E-state index in [4.69, 9.17) is 9.47 Å². The molecule has 1 N–H and O–H groups in total. The molecule has 0 aliphatic carbocycles. The lowest BCUT2D eigenvalue weighted by Gasteiger charge is -2.42. The molecule has 4 rings (SSSR count). The summed E-state index contributed by atoms with van der Waals surface area (Å²) in [7, 11) is 0. The highest BCUT2D eigenvalue weighted by molar-refractivity contribution is 5.69. The molecule has 2 heterocycles. The van der Waals surface area contributed by atoms with Crippen LogP contribution in [0, 0.1) is 0 Å². The average molecular weight is 520 g/mol. The first kappa shape index (κ1) is 26.5. The molecule has 3 aromatic rings. The van der Waals surface area contributed by atoms with Crippen LogP contribution in [0.5, 0.6) is 5.75 Å². The molecule has 1 aliphatic heterocycles. The summed E-state index contributed by atoms with van der Waals surface area (Å²) in [6.07, 6.45) is -5.26. The van der Waals surface area contributed by atoms with Gasteiger partial charge in [0.25, 0.3) is 0 Å². The van der Waals surface area contributed by atoms with E-state index in [9.17, 15) is 23.1 Å². The van der Waals surface area contributed by atoms with Crippen molar-refractivity contribution >= 4 is 6.09 Å². The number of rotatable bonds is 4. The number of alkyl halides is 3. The molecule has 0 unspecified atom stereocenters. The first-order chi connectivity index (χ1) is 17.2. The molecule has 1 fully saturated rings. The lowest BCUT2D eigenvalue weighted by atomic mass is 9.91. The lowest BCUT2D eigenvalue weighted by molar-refractivity contribution is -0.159. The molecule has 37 heavy (non-hydrogen) atoms. The molecule has 1 amide bonds. The minimum Gasteiger partial charge on any atom is -0.487 e. The van der Waals surface area contributed by atoms with E-state index in [1.54, 1.807) is 64.1 Å². The molecule has 8 nitrogen and oxygen atoms in total. The van der Waals surface area contributed by atoms with Gasteiger partial charge >= 0.3 is 18.2 Å². The number of benzene rings is 2. The fraction of sp³-hybridized carbons (Fsp3) is 0.423. The number of halogens is 3. The van der Waals surface area contributed by atoms with Crippen molar-refractivity contribution in [2.24, 2.45) is 0 Å². The zero-order valence-electron chi connectivity index (χ0n) is 20.9. The quantitative estimate of drug-likeness (QED) is 0.482. The number of likely N-dealkylation sites (tertiary alicyclic amines) is 1. The summed E-state index contributed by atoms with van der Waals surface area (Å²) in [5, 5.41) is 14.4. The number of nitrogens with zero attached hydrogens (tertiary/aromatic N) is 3. The van der Waals surface area contributed by atoms with Crippen LogP contribution in [0.2, 0.25) is 0 Å². The lowest BCUT2D eigenvalue weighted by Crippen LogP contribution is -2.58. The Hall–Kier alpha value is -3.60. The van der Waals surface area contributed by atoms with Gasteiger partial charge in [-0.3, -0.25) is 0 Å². The summed E-state index contributed by atoms with van der Waals surface area (Å²) in [5.41, 5.74) is 0.178. The van der Waals surface area contributed by atoms with Crippen molar-refractivity contribution in [3.05, 3.63) is 54.4 Å². The van der Waals surface area contributed by atoms with Gasteiger partial charge in [0.05, 0.1) is 6.54 Å². The third-order valence-corrected chi connectivity index (χ3v) is 5.80. The first-order valence-corrected chi connectivity index (χ1v) is 11.7. The van der Waals surface area contributed by atoms with E-state index >= 15 is 0 Å². The van der Waals surface area contributed by atoms with E-state index in [2.05, 4.69) is 14.7 Å². The van der Waals surface area contributed by atoms with Gasteiger partial charge in [0, 0.05) is 18.5 Å². The minimum absolute atomic E-state index is 0.0852. The predicted molar refractivity (Wildman–Crippen MR) is 128 cm³/mol. The average Bonchev–Trinajstić information content (AvgIpc) is 3.31. The molecule has 2 atom stereocenters. The molecule has 1 saturated heterocycles. The zero-order valence-corrected chi connectivity index (χ0v) is 20.9. The number of hydrogen-bond donors (Lipinski definition) is 1. The molecular weight excluding hydrogens is 491 g/mol. The maximum atomic E-state index is 12.7. The van der Waals surface area contributed by atoms with Gasteiger partial charge in [-0.05, 0) is 51.0 Å². The van der Waals surface area contributed by atoms with Crippen molar-refractivity contribution in [1.29, 1.82) is 0 Å². The fourth-order valence-electron chi connectivity index (χ4n) is 3.98. The van der Waals surface area contributed by atoms with Crippen molar-refractivity contribution in [2.75, 3.05) is 13.1 Å². The topological polar surface area (TPSA) is 97.9 Å². The summed E-state index contributed by atoms with van der Waals surface area (Å²) < 4.78 is 53.8. The Kier molecular flexibility index (Phi) is 6.93. The van der Waals surface area contributed by atoms with Crippen molar-refractivity contribution in [1.82, 2.24) is 15.0 Å². The van der Waals surface area contributed by atoms with Crippen LogP contribution in [0.15, 0.2) is 53.1 Å². The maximum absolute atomic E-state index is 12.7. The Bertz CT molecular complexity index is 1230. The standard InChI is InChI=1S/C26H28F3N3O5/c1-24(2,3)36-23(33)32-14-13-20(25(4,34)15-32)35-19-11-9-17(10-12-19)16-5-7-18(8-6-16)21-30-22(37-31-21)26(27,28)29/h5-12,20,34H,13-15H2,1-4H3/t20-,25-/m0/s1. The number of aromatic nitrogens is 2. The van der Waals surface area contributed by atoms with Gasteiger partial charge < -0.3 is 24.0 Å². The highest BCUT2D eigenvalue weighted by atomic mass is 19.4. The molecule has 0 radical (unpaired) electrons. The monoisotopic (exact) mass is 519 g/mol. The fourth-order valence-corrected chi connectivity index (χ4v) is 3.98. The number of hydrogen-bond acceptors (Lipinski definition) is 7. The summed E-state index contributed by atoms with van der Waals surface area (Å²) in [6.45, 7) is 7.48. The SMILES string of the molecule is CC(C)(C)OC(=O)N1CC[C@H](Oc2ccc(-c3ccc(-c4noc(C(F)(F)F)n4)cc3)cc2)[C@@](C)(O)C1. The van der Waals surface area contributed by atoms with Gasteiger partial charge in [-0.1, -0.05) is 41.6 Å². The Labute approximate surface area is 212 Å². The molecule has 0 bridgehead atoms. The van der Waals surface area contributed by atoms with Gasteiger partial charge in [0.15, 0.2) is 0 Å². The van der Waals surface area contributed by atoms with Crippen LogP contribution in [-0.4, -0.2) is 56.6 Å². The second-order valence-corrected chi connectivity index (χ2v) is 10.2. The number of ether oxygens (including phenoxy) is 2. The van der Waals surface area contributed by atoms with Crippen LogP contribution < -0.4 is 4.74 Å². The smallest absolute Gasteiger partial charge is 0.471 e. The number of β-amino-alcohol motifs (C(OH)–C–C–N with tert-alkyl or cyclic N) is 1. The second kappa shape index (κ2) is 9.70. The number of aliphatic hydroxyl groups is 1. The van der Waals surface area contributed by atoms with Crippen LogP contribution in [0.3, 0.4) is 0 Å². The summed E-state index contributed by atoms with van der Waals surface area (Å²) in [5.74, 6) is -0.980. The number of amides is 1. The summed E-state index contributed by atoms with van der Waals surface area (Å²) in [6, 6.07) is 13.9. The van der Waals surface area contributed by atoms with Crippen LogP contribution in [0.4, 0.5) is 18.0 Å². The number of piperidine rings is 1. The maximum Gasteiger partial charge on any atom is 0.471 e. The molecule has 2 aromatic carbocycles. The van der Waals surface area contributed by atoms with Crippen LogP contribution in [0.25, 0.3) is 22.5 Å². The van der Waals surface area contributed by atoms with Gasteiger partial charge in [0.2, 0.25) is 5.82 Å². The summed E-state index contributed by atoms with van der Waals surface area (Å²) in [4.78, 5) is 17.3. The third-order valence-electron chi connectivity index (χ3n) is 5.80. The van der Waals surface area contributed by atoms with Crippen molar-refractivity contribution in [3.63, 3.8) is 0 Å². The van der Waals surface area contributed by atoms with Crippen molar-refractivity contribution in [3.8, 4) is 28.3 Å². The van der Waals surface area contributed by atoms with Gasteiger partial charge in [-0.15, -0.1) is 0 Å².